The first-order valence-electron chi connectivity index (χ1n) is 7.29. The van der Waals surface area contributed by atoms with Gasteiger partial charge in [0.25, 0.3) is 0 Å². The van der Waals surface area contributed by atoms with Crippen molar-refractivity contribution in [3.05, 3.63) is 28.2 Å². The van der Waals surface area contributed by atoms with E-state index in [1.807, 2.05) is 25.3 Å². The summed E-state index contributed by atoms with van der Waals surface area (Å²) in [5.41, 5.74) is 0.336. The van der Waals surface area contributed by atoms with Crippen LogP contribution < -0.4 is 10.2 Å². The second-order valence-electron chi connectivity index (χ2n) is 4.53. The Morgan fingerprint density at radius 2 is 1.95 bits per heavy atom. The Morgan fingerprint density at radius 1 is 1.29 bits per heavy atom. The Bertz CT molecular complexity index is 521. The molecule has 0 fully saturated rings. The number of pyridine rings is 1. The molecule has 0 bridgehead atoms. The van der Waals surface area contributed by atoms with Gasteiger partial charge in [0, 0.05) is 38.5 Å². The van der Waals surface area contributed by atoms with Crippen LogP contribution in [0.4, 0.5) is 4.79 Å². The smallest absolute Gasteiger partial charge is 0.404 e. The molecule has 6 heteroatoms. The van der Waals surface area contributed by atoms with Gasteiger partial charge in [-0.3, -0.25) is 4.79 Å². The second kappa shape index (κ2) is 8.46. The molecule has 118 valence electrons. The van der Waals surface area contributed by atoms with E-state index in [0.717, 1.165) is 0 Å². The van der Waals surface area contributed by atoms with Gasteiger partial charge in [0.1, 0.15) is 0 Å². The molecule has 6 nitrogen and oxygen atoms in total. The number of hydrogen-bond acceptors (Lipinski definition) is 4. The van der Waals surface area contributed by atoms with Crippen LogP contribution in [0.1, 0.15) is 26.5 Å². The molecule has 0 aliphatic carbocycles. The van der Waals surface area contributed by atoms with E-state index in [1.54, 1.807) is 13.1 Å². The summed E-state index contributed by atoms with van der Waals surface area (Å²) >= 11 is 0. The van der Waals surface area contributed by atoms with Crippen molar-refractivity contribution < 1.29 is 14.3 Å². The monoisotopic (exact) mass is 296 g/mol. The van der Waals surface area contributed by atoms with E-state index in [1.165, 1.54) is 11.0 Å². The molecule has 0 unspecified atom stereocenters. The molecule has 1 amide bonds. The Balaban J connectivity index is 2.93. The van der Waals surface area contributed by atoms with Gasteiger partial charge >= 0.3 is 6.09 Å². The van der Waals surface area contributed by atoms with Gasteiger partial charge in [0.15, 0.2) is 5.75 Å². The van der Waals surface area contributed by atoms with Crippen molar-refractivity contribution in [2.75, 3.05) is 26.3 Å². The number of hydrogen-bond donors (Lipinski definition) is 0. The van der Waals surface area contributed by atoms with Crippen LogP contribution in [0.25, 0.3) is 0 Å². The van der Waals surface area contributed by atoms with Gasteiger partial charge in [-0.2, -0.15) is 0 Å². The largest absolute Gasteiger partial charge is 0.415 e. The molecule has 1 rings (SSSR count). The molecule has 1 heterocycles. The van der Waals surface area contributed by atoms with Crippen molar-refractivity contribution in [3.63, 3.8) is 0 Å². The van der Waals surface area contributed by atoms with E-state index in [9.17, 15) is 9.59 Å². The zero-order chi connectivity index (χ0) is 15.8. The van der Waals surface area contributed by atoms with Crippen LogP contribution >= 0.6 is 0 Å². The summed E-state index contributed by atoms with van der Waals surface area (Å²) in [4.78, 5) is 25.4. The van der Waals surface area contributed by atoms with Crippen molar-refractivity contribution in [1.82, 2.24) is 9.47 Å². The Kier molecular flexibility index (Phi) is 6.94. The molecule has 0 radical (unpaired) electrons. The normalized spacial score (nSPS) is 10.5. The van der Waals surface area contributed by atoms with E-state index in [4.69, 9.17) is 9.47 Å². The lowest BCUT2D eigenvalue weighted by Gasteiger charge is -2.19. The van der Waals surface area contributed by atoms with E-state index < -0.39 is 6.09 Å². The highest BCUT2D eigenvalue weighted by Crippen LogP contribution is 2.13. The lowest BCUT2D eigenvalue weighted by molar-refractivity contribution is 0.137. The number of nitrogens with zero attached hydrogens (tertiary/aromatic N) is 2. The van der Waals surface area contributed by atoms with Gasteiger partial charge in [0.2, 0.25) is 5.43 Å². The highest BCUT2D eigenvalue weighted by Gasteiger charge is 2.17. The number of carbonyl (C=O) groups is 1. The van der Waals surface area contributed by atoms with E-state index in [2.05, 4.69) is 0 Å². The summed E-state index contributed by atoms with van der Waals surface area (Å²) < 4.78 is 12.4. The van der Waals surface area contributed by atoms with Gasteiger partial charge < -0.3 is 18.9 Å². The minimum absolute atomic E-state index is 0.0888. The van der Waals surface area contributed by atoms with Crippen LogP contribution in [0.15, 0.2) is 17.1 Å². The molecule has 0 aliphatic rings. The van der Waals surface area contributed by atoms with Crippen LogP contribution in [0.5, 0.6) is 5.75 Å². The third kappa shape index (κ3) is 4.60. The SMILES string of the molecule is CCOCCn1ccc(=O)c(OC(=O)N(CC)CC)c1C. The fourth-order valence-corrected chi connectivity index (χ4v) is 1.96. The van der Waals surface area contributed by atoms with Gasteiger partial charge in [-0.05, 0) is 27.7 Å². The van der Waals surface area contributed by atoms with Crippen LogP contribution in [-0.2, 0) is 11.3 Å². The zero-order valence-electron chi connectivity index (χ0n) is 13.2. The molecular formula is C15H24N2O4. The zero-order valence-corrected chi connectivity index (χ0v) is 13.2. The van der Waals surface area contributed by atoms with E-state index >= 15 is 0 Å². The minimum atomic E-state index is -0.497. The van der Waals surface area contributed by atoms with Gasteiger partial charge in [-0.15, -0.1) is 0 Å². The fraction of sp³-hybridized carbons (Fsp3) is 0.600. The van der Waals surface area contributed by atoms with Crippen LogP contribution in [0.2, 0.25) is 0 Å². The average Bonchev–Trinajstić information content (AvgIpc) is 2.47. The topological polar surface area (TPSA) is 60.8 Å². The van der Waals surface area contributed by atoms with Crippen LogP contribution in [-0.4, -0.2) is 41.9 Å². The maximum atomic E-state index is 12.0. The summed E-state index contributed by atoms with van der Waals surface area (Å²) in [7, 11) is 0. The van der Waals surface area contributed by atoms with E-state index in [0.29, 0.717) is 38.5 Å². The number of carbonyl (C=O) groups excluding carboxylic acids is 1. The third-order valence-corrected chi connectivity index (χ3v) is 3.28. The van der Waals surface area contributed by atoms with Gasteiger partial charge in [-0.1, -0.05) is 0 Å². The van der Waals surface area contributed by atoms with Gasteiger partial charge in [0.05, 0.1) is 12.3 Å². The fourth-order valence-electron chi connectivity index (χ4n) is 1.96. The lowest BCUT2D eigenvalue weighted by Crippen LogP contribution is -2.34. The molecule has 0 aliphatic heterocycles. The molecule has 0 atom stereocenters. The van der Waals surface area contributed by atoms with E-state index in [-0.39, 0.29) is 11.2 Å². The van der Waals surface area contributed by atoms with Crippen molar-refractivity contribution in [2.24, 2.45) is 0 Å². The Labute approximate surface area is 125 Å². The van der Waals surface area contributed by atoms with Crippen LogP contribution in [0, 0.1) is 6.92 Å². The first-order valence-corrected chi connectivity index (χ1v) is 7.29. The average molecular weight is 296 g/mol. The molecule has 1 aromatic heterocycles. The maximum absolute atomic E-state index is 12.0. The van der Waals surface area contributed by atoms with Crippen molar-refractivity contribution >= 4 is 6.09 Å². The third-order valence-electron chi connectivity index (χ3n) is 3.28. The summed E-state index contributed by atoms with van der Waals surface area (Å²) in [5, 5.41) is 0. The molecule has 0 spiro atoms. The number of ether oxygens (including phenoxy) is 2. The van der Waals surface area contributed by atoms with Crippen LogP contribution in [0.3, 0.4) is 0 Å². The first kappa shape index (κ1) is 17.2. The molecule has 1 aromatic rings. The first-order chi connectivity index (χ1) is 10.0. The summed E-state index contributed by atoms with van der Waals surface area (Å²) in [6, 6.07) is 1.41. The Hall–Kier alpha value is -1.82. The molecule has 0 saturated carbocycles. The van der Waals surface area contributed by atoms with Crippen molar-refractivity contribution in [2.45, 2.75) is 34.2 Å². The highest BCUT2D eigenvalue weighted by molar-refractivity contribution is 5.70. The molecule has 0 N–H and O–H groups in total. The van der Waals surface area contributed by atoms with Crippen molar-refractivity contribution in [1.29, 1.82) is 0 Å². The number of rotatable bonds is 7. The predicted molar refractivity (Wildman–Crippen MR) is 80.9 cm³/mol. The second-order valence-corrected chi connectivity index (χ2v) is 4.53. The summed E-state index contributed by atoms with van der Waals surface area (Å²) in [6.07, 6.45) is 1.19. The molecule has 21 heavy (non-hydrogen) atoms. The predicted octanol–water partition coefficient (Wildman–Crippen LogP) is 2.03. The molecule has 0 saturated heterocycles. The number of aromatic nitrogens is 1. The quantitative estimate of drug-likeness (QED) is 0.722. The Morgan fingerprint density at radius 3 is 2.52 bits per heavy atom. The summed E-state index contributed by atoms with van der Waals surface area (Å²) in [5.74, 6) is 0.0888. The molecular weight excluding hydrogens is 272 g/mol. The van der Waals surface area contributed by atoms with Crippen molar-refractivity contribution in [3.8, 4) is 5.75 Å². The minimum Gasteiger partial charge on any atom is -0.404 e. The lowest BCUT2D eigenvalue weighted by atomic mass is 10.3. The number of amides is 1. The summed E-state index contributed by atoms with van der Waals surface area (Å²) in [6.45, 7) is 10.3. The highest BCUT2D eigenvalue weighted by atomic mass is 16.6. The molecule has 0 aromatic carbocycles. The van der Waals surface area contributed by atoms with Gasteiger partial charge in [-0.25, -0.2) is 4.79 Å². The standard InChI is InChI=1S/C15H24N2O4/c1-5-16(6-2)15(19)21-14-12(4)17(9-8-13(14)18)10-11-20-7-3/h8-9H,5-7,10-11H2,1-4H3. The maximum Gasteiger partial charge on any atom is 0.415 e.